The molecule has 1 aromatic heterocycles. The van der Waals surface area contributed by atoms with E-state index in [0.717, 1.165) is 17.8 Å². The molecule has 0 unspecified atom stereocenters. The van der Waals surface area contributed by atoms with Crippen LogP contribution in [0, 0.1) is 20.2 Å². The van der Waals surface area contributed by atoms with Gasteiger partial charge in [-0.2, -0.15) is 5.10 Å². The van der Waals surface area contributed by atoms with Crippen LogP contribution in [0.25, 0.3) is 0 Å². The molecule has 23 heavy (non-hydrogen) atoms. The van der Waals surface area contributed by atoms with Crippen molar-refractivity contribution >= 4 is 29.4 Å². The van der Waals surface area contributed by atoms with Crippen LogP contribution in [-0.2, 0) is 0 Å². The molecule has 2 rings (SSSR count). The van der Waals surface area contributed by atoms with Crippen LogP contribution in [0.5, 0.6) is 0 Å². The number of rotatable bonds is 6. The summed E-state index contributed by atoms with van der Waals surface area (Å²) in [4.78, 5) is 20.7. The van der Waals surface area contributed by atoms with Gasteiger partial charge >= 0.3 is 0 Å². The molecule has 10 heteroatoms. The zero-order chi connectivity index (χ0) is 17.0. The van der Waals surface area contributed by atoms with E-state index in [1.165, 1.54) is 18.3 Å². The quantitative estimate of drug-likeness (QED) is 0.452. The molecule has 1 aromatic carbocycles. The largest absolute Gasteiger partial charge is 0.448 e. The van der Waals surface area contributed by atoms with Gasteiger partial charge in [-0.25, -0.2) is 0 Å². The van der Waals surface area contributed by atoms with Crippen LogP contribution in [0.15, 0.2) is 49.8 Å². The highest BCUT2D eigenvalue weighted by atomic mass is 32.2. The number of benzene rings is 1. The highest BCUT2D eigenvalue weighted by Gasteiger charge is 2.21. The van der Waals surface area contributed by atoms with E-state index in [9.17, 15) is 20.2 Å². The van der Waals surface area contributed by atoms with E-state index in [1.54, 1.807) is 31.2 Å². The molecule has 0 bridgehead atoms. The van der Waals surface area contributed by atoms with E-state index < -0.39 is 9.85 Å². The Morgan fingerprint density at radius 2 is 1.91 bits per heavy atom. The molecule has 0 N–H and O–H groups in total. The summed E-state index contributed by atoms with van der Waals surface area (Å²) in [6.45, 7) is 0. The summed E-state index contributed by atoms with van der Waals surface area (Å²) < 4.78 is 5.48. The number of furan rings is 1. The maximum absolute atomic E-state index is 11.1. The Hall–Kier alpha value is -2.88. The lowest BCUT2D eigenvalue weighted by Crippen LogP contribution is -2.01. The fourth-order valence-electron chi connectivity index (χ4n) is 1.59. The van der Waals surface area contributed by atoms with Gasteiger partial charge in [-0.15, -0.1) is 0 Å². The third-order valence-corrected chi connectivity index (χ3v) is 3.56. The minimum Gasteiger partial charge on any atom is -0.448 e. The Balaban J connectivity index is 2.26. The highest BCUT2D eigenvalue weighted by Crippen LogP contribution is 2.37. The number of nitro benzene ring substituents is 2. The lowest BCUT2D eigenvalue weighted by Gasteiger charge is -2.01. The number of hydrazone groups is 1. The highest BCUT2D eigenvalue weighted by molar-refractivity contribution is 7.99. The summed E-state index contributed by atoms with van der Waals surface area (Å²) in [5.41, 5.74) is -0.677. The Labute approximate surface area is 134 Å². The molecule has 0 atom stereocenters. The van der Waals surface area contributed by atoms with E-state index in [4.69, 9.17) is 4.42 Å². The number of non-ortho nitro benzene ring substituents is 1. The first kappa shape index (κ1) is 16.5. The fourth-order valence-corrected chi connectivity index (χ4v) is 2.45. The first-order chi connectivity index (χ1) is 10.9. The predicted molar refractivity (Wildman–Crippen MR) is 83.9 cm³/mol. The number of nitro groups is 2. The Kier molecular flexibility index (Phi) is 4.96. The molecular formula is C13H12N4O5S. The zero-order valence-electron chi connectivity index (χ0n) is 12.2. The first-order valence-electron chi connectivity index (χ1n) is 6.28. The Morgan fingerprint density at radius 1 is 1.17 bits per heavy atom. The van der Waals surface area contributed by atoms with Gasteiger partial charge in [-0.1, -0.05) is 0 Å². The molecule has 120 valence electrons. The lowest BCUT2D eigenvalue weighted by molar-refractivity contribution is -0.396. The third kappa shape index (κ3) is 4.30. The van der Waals surface area contributed by atoms with Gasteiger partial charge in [0.25, 0.3) is 11.4 Å². The van der Waals surface area contributed by atoms with Crippen molar-refractivity contribution in [1.29, 1.82) is 0 Å². The van der Waals surface area contributed by atoms with Crippen molar-refractivity contribution in [2.75, 3.05) is 14.1 Å². The van der Waals surface area contributed by atoms with Crippen LogP contribution in [0.1, 0.15) is 5.76 Å². The molecule has 0 amide bonds. The molecule has 1 heterocycles. The number of hydrogen-bond donors (Lipinski definition) is 0. The number of nitrogens with zero attached hydrogens (tertiary/aromatic N) is 4. The summed E-state index contributed by atoms with van der Waals surface area (Å²) in [6.07, 6.45) is 1.51. The maximum atomic E-state index is 11.1. The molecule has 0 saturated carbocycles. The molecule has 0 aliphatic carbocycles. The van der Waals surface area contributed by atoms with Crippen molar-refractivity contribution < 1.29 is 14.3 Å². The predicted octanol–water partition coefficient (Wildman–Crippen LogP) is 3.14. The summed E-state index contributed by atoms with van der Waals surface area (Å²) in [7, 11) is 3.52. The van der Waals surface area contributed by atoms with Gasteiger partial charge < -0.3 is 9.43 Å². The van der Waals surface area contributed by atoms with Crippen LogP contribution in [0.3, 0.4) is 0 Å². The van der Waals surface area contributed by atoms with E-state index in [2.05, 4.69) is 5.10 Å². The van der Waals surface area contributed by atoms with Gasteiger partial charge in [0, 0.05) is 20.2 Å². The third-order valence-electron chi connectivity index (χ3n) is 2.58. The molecule has 2 aromatic rings. The van der Waals surface area contributed by atoms with E-state index in [1.807, 2.05) is 0 Å². The second-order valence-electron chi connectivity index (χ2n) is 4.52. The van der Waals surface area contributed by atoms with E-state index >= 15 is 0 Å². The van der Waals surface area contributed by atoms with Gasteiger partial charge in [-0.3, -0.25) is 20.2 Å². The summed E-state index contributed by atoms with van der Waals surface area (Å²) >= 11 is 1.01. The summed E-state index contributed by atoms with van der Waals surface area (Å²) in [5, 5.41) is 27.8. The van der Waals surface area contributed by atoms with Crippen LogP contribution in [-0.4, -0.2) is 35.2 Å². The van der Waals surface area contributed by atoms with Gasteiger partial charge in [0.1, 0.15) is 5.76 Å². The summed E-state index contributed by atoms with van der Waals surface area (Å²) in [5.74, 6) is 0.491. The van der Waals surface area contributed by atoms with Gasteiger partial charge in [-0.05, 0) is 30.0 Å². The molecule has 0 aliphatic rings. The van der Waals surface area contributed by atoms with Crippen molar-refractivity contribution in [2.45, 2.75) is 9.99 Å². The maximum Gasteiger partial charge on any atom is 0.290 e. The van der Waals surface area contributed by atoms with Crippen LogP contribution in [0.2, 0.25) is 0 Å². The van der Waals surface area contributed by atoms with E-state index in [0.29, 0.717) is 10.9 Å². The van der Waals surface area contributed by atoms with Gasteiger partial charge in [0.15, 0.2) is 5.09 Å². The molecular weight excluding hydrogens is 324 g/mol. The van der Waals surface area contributed by atoms with Crippen molar-refractivity contribution in [1.82, 2.24) is 5.01 Å². The molecule has 9 nitrogen and oxygen atoms in total. The van der Waals surface area contributed by atoms with Crippen LogP contribution in [0.4, 0.5) is 11.4 Å². The second kappa shape index (κ2) is 6.92. The normalized spacial score (nSPS) is 10.9. The van der Waals surface area contributed by atoms with E-state index in [-0.39, 0.29) is 16.3 Å². The van der Waals surface area contributed by atoms with Crippen molar-refractivity contribution in [3.8, 4) is 0 Å². The van der Waals surface area contributed by atoms with Crippen LogP contribution < -0.4 is 0 Å². The van der Waals surface area contributed by atoms with Gasteiger partial charge in [0.05, 0.1) is 27.0 Å². The first-order valence-corrected chi connectivity index (χ1v) is 7.10. The topological polar surface area (TPSA) is 115 Å². The Morgan fingerprint density at radius 3 is 2.52 bits per heavy atom. The molecule has 0 aliphatic heterocycles. The van der Waals surface area contributed by atoms with Crippen molar-refractivity contribution in [3.63, 3.8) is 0 Å². The zero-order valence-corrected chi connectivity index (χ0v) is 13.0. The van der Waals surface area contributed by atoms with Crippen molar-refractivity contribution in [2.24, 2.45) is 5.10 Å². The standard InChI is InChI=1S/C13H12N4O5S/c1-15(2)14-8-10-4-6-13(22-10)23-12-5-3-9(16(18)19)7-11(12)17(20)21/h3-8H,1-2H3/b14-8+. The molecule has 0 saturated heterocycles. The monoisotopic (exact) mass is 336 g/mol. The minimum atomic E-state index is -0.676. The van der Waals surface area contributed by atoms with Crippen LogP contribution >= 0.6 is 11.8 Å². The molecule has 0 radical (unpaired) electrons. The lowest BCUT2D eigenvalue weighted by atomic mass is 10.3. The fraction of sp³-hybridized carbons (Fsp3) is 0.154. The van der Waals surface area contributed by atoms with Crippen molar-refractivity contribution in [3.05, 3.63) is 56.3 Å². The average molecular weight is 336 g/mol. The molecule has 0 fully saturated rings. The average Bonchev–Trinajstić information content (AvgIpc) is 2.92. The number of hydrogen-bond acceptors (Lipinski definition) is 8. The SMILES string of the molecule is CN(C)/N=C/c1ccc(Sc2ccc([N+](=O)[O-])cc2[N+](=O)[O-])o1. The minimum absolute atomic E-state index is 0.256. The summed E-state index contributed by atoms with van der Waals surface area (Å²) in [6, 6.07) is 6.79. The van der Waals surface area contributed by atoms with Gasteiger partial charge in [0.2, 0.25) is 0 Å². The second-order valence-corrected chi connectivity index (χ2v) is 5.56. The Bertz CT molecular complexity index is 771. The smallest absolute Gasteiger partial charge is 0.290 e. The molecule has 0 spiro atoms.